The molecule has 104 valence electrons. The van der Waals surface area contributed by atoms with Crippen LogP contribution in [-0.4, -0.2) is 48.7 Å². The molecular formula is C13H23NO4. The molecule has 2 rings (SSSR count). The number of aliphatic hydroxyl groups is 1. The Bertz CT molecular complexity index is 270. The number of hydrogen-bond donors (Lipinski definition) is 1. The zero-order valence-electron chi connectivity index (χ0n) is 11.0. The SMILES string of the molecule is COC(=O)C1CCC(OC(O)N2CCCC2)CC1. The Kier molecular flexibility index (Phi) is 4.97. The highest BCUT2D eigenvalue weighted by Gasteiger charge is 2.30. The summed E-state index contributed by atoms with van der Waals surface area (Å²) in [6.07, 6.45) is 4.81. The van der Waals surface area contributed by atoms with Gasteiger partial charge in [-0.15, -0.1) is 0 Å². The van der Waals surface area contributed by atoms with Crippen LogP contribution in [0.1, 0.15) is 38.5 Å². The molecule has 1 aliphatic heterocycles. The molecule has 2 fully saturated rings. The van der Waals surface area contributed by atoms with E-state index in [2.05, 4.69) is 0 Å². The minimum absolute atomic E-state index is 0.0128. The minimum atomic E-state index is -0.771. The van der Waals surface area contributed by atoms with Gasteiger partial charge in [-0.1, -0.05) is 0 Å². The highest BCUT2D eigenvalue weighted by molar-refractivity contribution is 5.72. The quantitative estimate of drug-likeness (QED) is 0.604. The largest absolute Gasteiger partial charge is 0.469 e. The number of methoxy groups -OCH3 is 1. The molecule has 18 heavy (non-hydrogen) atoms. The molecule has 0 spiro atoms. The number of carbonyl (C=O) groups is 1. The Balaban J connectivity index is 1.71. The van der Waals surface area contributed by atoms with Crippen molar-refractivity contribution in [2.24, 2.45) is 5.92 Å². The van der Waals surface area contributed by atoms with Gasteiger partial charge in [0, 0.05) is 13.1 Å². The maximum atomic E-state index is 11.4. The van der Waals surface area contributed by atoms with Crippen LogP contribution in [-0.2, 0) is 14.3 Å². The van der Waals surface area contributed by atoms with Gasteiger partial charge in [0.1, 0.15) is 0 Å². The van der Waals surface area contributed by atoms with Crippen molar-refractivity contribution in [3.05, 3.63) is 0 Å². The van der Waals surface area contributed by atoms with E-state index in [-0.39, 0.29) is 18.0 Å². The molecule has 0 bridgehead atoms. The van der Waals surface area contributed by atoms with E-state index in [9.17, 15) is 9.90 Å². The van der Waals surface area contributed by atoms with Crippen molar-refractivity contribution < 1.29 is 19.4 Å². The molecule has 1 saturated heterocycles. The fraction of sp³-hybridized carbons (Fsp3) is 0.923. The third-order valence-corrected chi connectivity index (χ3v) is 3.98. The second kappa shape index (κ2) is 6.50. The van der Waals surface area contributed by atoms with E-state index >= 15 is 0 Å². The lowest BCUT2D eigenvalue weighted by Gasteiger charge is -2.31. The van der Waals surface area contributed by atoms with Crippen LogP contribution in [0.4, 0.5) is 0 Å². The number of likely N-dealkylation sites (tertiary alicyclic amines) is 1. The minimum Gasteiger partial charge on any atom is -0.469 e. The summed E-state index contributed by atoms with van der Waals surface area (Å²) in [7, 11) is 1.43. The molecule has 1 N–H and O–H groups in total. The first-order valence-corrected chi connectivity index (χ1v) is 6.86. The Morgan fingerprint density at radius 3 is 2.39 bits per heavy atom. The van der Waals surface area contributed by atoms with E-state index in [0.717, 1.165) is 51.6 Å². The standard InChI is InChI=1S/C13H23NO4/c1-17-12(15)10-4-6-11(7-5-10)18-13(16)14-8-2-3-9-14/h10-11,13,16H,2-9H2,1H3. The maximum Gasteiger partial charge on any atom is 0.308 e. The summed E-state index contributed by atoms with van der Waals surface area (Å²) in [6, 6.07) is 0. The van der Waals surface area contributed by atoms with Crippen LogP contribution in [0.3, 0.4) is 0 Å². The van der Waals surface area contributed by atoms with Crippen LogP contribution >= 0.6 is 0 Å². The number of carbonyl (C=O) groups excluding carboxylic acids is 1. The monoisotopic (exact) mass is 257 g/mol. The van der Waals surface area contributed by atoms with Crippen molar-refractivity contribution in [2.45, 2.75) is 51.0 Å². The Morgan fingerprint density at radius 1 is 1.22 bits per heavy atom. The summed E-state index contributed by atoms with van der Waals surface area (Å²) in [5, 5.41) is 9.93. The van der Waals surface area contributed by atoms with E-state index in [0.29, 0.717) is 0 Å². The highest BCUT2D eigenvalue weighted by atomic mass is 16.6. The molecule has 0 aromatic heterocycles. The number of hydrogen-bond acceptors (Lipinski definition) is 5. The van der Waals surface area contributed by atoms with Crippen molar-refractivity contribution in [1.82, 2.24) is 4.90 Å². The fourth-order valence-corrected chi connectivity index (χ4v) is 2.82. The molecule has 5 nitrogen and oxygen atoms in total. The van der Waals surface area contributed by atoms with Gasteiger partial charge < -0.3 is 14.6 Å². The van der Waals surface area contributed by atoms with Gasteiger partial charge >= 0.3 is 5.97 Å². The zero-order chi connectivity index (χ0) is 13.0. The molecule has 0 amide bonds. The lowest BCUT2D eigenvalue weighted by Crippen LogP contribution is -2.39. The third kappa shape index (κ3) is 3.43. The number of aliphatic hydroxyl groups excluding tert-OH is 1. The summed E-state index contributed by atoms with van der Waals surface area (Å²) >= 11 is 0. The van der Waals surface area contributed by atoms with E-state index in [1.807, 2.05) is 4.90 Å². The Hall–Kier alpha value is -0.650. The van der Waals surface area contributed by atoms with Gasteiger partial charge in [-0.3, -0.25) is 9.69 Å². The fourth-order valence-electron chi connectivity index (χ4n) is 2.82. The van der Waals surface area contributed by atoms with Crippen molar-refractivity contribution in [2.75, 3.05) is 20.2 Å². The second-order valence-electron chi connectivity index (χ2n) is 5.20. The number of esters is 1. The Morgan fingerprint density at radius 2 is 1.83 bits per heavy atom. The van der Waals surface area contributed by atoms with Crippen LogP contribution < -0.4 is 0 Å². The first kappa shape index (κ1) is 13.8. The van der Waals surface area contributed by atoms with Crippen molar-refractivity contribution in [3.63, 3.8) is 0 Å². The Labute approximate surface area is 108 Å². The predicted octanol–water partition coefficient (Wildman–Crippen LogP) is 1.11. The molecule has 0 radical (unpaired) electrons. The summed E-state index contributed by atoms with van der Waals surface area (Å²) in [5.74, 6) is -0.104. The van der Waals surface area contributed by atoms with E-state index in [1.165, 1.54) is 7.11 Å². The molecule has 0 aromatic carbocycles. The summed E-state index contributed by atoms with van der Waals surface area (Å²) in [4.78, 5) is 13.3. The van der Waals surface area contributed by atoms with E-state index in [1.54, 1.807) is 0 Å². The van der Waals surface area contributed by atoms with Crippen LogP contribution in [0.15, 0.2) is 0 Å². The lowest BCUT2D eigenvalue weighted by atomic mass is 9.87. The first-order chi connectivity index (χ1) is 8.70. The van der Waals surface area contributed by atoms with Gasteiger partial charge in [0.2, 0.25) is 6.41 Å². The highest BCUT2D eigenvalue weighted by Crippen LogP contribution is 2.28. The molecular weight excluding hydrogens is 234 g/mol. The zero-order valence-corrected chi connectivity index (χ0v) is 11.0. The maximum absolute atomic E-state index is 11.4. The van der Waals surface area contributed by atoms with Gasteiger partial charge in [-0.05, 0) is 38.5 Å². The average molecular weight is 257 g/mol. The number of ether oxygens (including phenoxy) is 2. The molecule has 1 unspecified atom stereocenters. The smallest absolute Gasteiger partial charge is 0.308 e. The lowest BCUT2D eigenvalue weighted by molar-refractivity contribution is -0.218. The second-order valence-corrected chi connectivity index (χ2v) is 5.20. The van der Waals surface area contributed by atoms with Crippen LogP contribution in [0.5, 0.6) is 0 Å². The van der Waals surface area contributed by atoms with Crippen LogP contribution in [0.25, 0.3) is 0 Å². The van der Waals surface area contributed by atoms with Crippen LogP contribution in [0.2, 0.25) is 0 Å². The van der Waals surface area contributed by atoms with Gasteiger partial charge in [-0.2, -0.15) is 0 Å². The predicted molar refractivity (Wildman–Crippen MR) is 65.7 cm³/mol. The molecule has 5 heteroatoms. The molecule has 1 heterocycles. The number of rotatable bonds is 4. The molecule has 2 aliphatic rings. The summed E-state index contributed by atoms with van der Waals surface area (Å²) in [5.41, 5.74) is 0. The van der Waals surface area contributed by atoms with Crippen molar-refractivity contribution in [1.29, 1.82) is 0 Å². The van der Waals surface area contributed by atoms with Gasteiger partial charge in [0.05, 0.1) is 19.1 Å². The summed E-state index contributed by atoms with van der Waals surface area (Å²) < 4.78 is 10.4. The van der Waals surface area contributed by atoms with E-state index < -0.39 is 6.41 Å². The molecule has 1 atom stereocenters. The van der Waals surface area contributed by atoms with Gasteiger partial charge in [0.15, 0.2) is 0 Å². The molecule has 1 saturated carbocycles. The number of nitrogens with zero attached hydrogens (tertiary/aromatic N) is 1. The molecule has 0 aromatic rings. The van der Waals surface area contributed by atoms with Gasteiger partial charge in [0.25, 0.3) is 0 Å². The van der Waals surface area contributed by atoms with Gasteiger partial charge in [-0.25, -0.2) is 0 Å². The summed E-state index contributed by atoms with van der Waals surface area (Å²) in [6.45, 7) is 1.83. The van der Waals surface area contributed by atoms with E-state index in [4.69, 9.17) is 9.47 Å². The third-order valence-electron chi connectivity index (χ3n) is 3.98. The first-order valence-electron chi connectivity index (χ1n) is 6.86. The van der Waals surface area contributed by atoms with Crippen molar-refractivity contribution >= 4 is 5.97 Å². The average Bonchev–Trinajstić information content (AvgIpc) is 2.92. The normalized spacial score (nSPS) is 31.2. The van der Waals surface area contributed by atoms with Crippen molar-refractivity contribution in [3.8, 4) is 0 Å². The van der Waals surface area contributed by atoms with Crippen LogP contribution in [0, 0.1) is 5.92 Å². The molecule has 1 aliphatic carbocycles. The topological polar surface area (TPSA) is 59.0 Å².